The Hall–Kier alpha value is -2.20. The van der Waals surface area contributed by atoms with E-state index in [0.29, 0.717) is 25.7 Å². The molecule has 0 heterocycles. The molecule has 0 aliphatic rings. The number of benzene rings is 2. The highest BCUT2D eigenvalue weighted by Gasteiger charge is 2.09. The molecular weight excluding hydrogens is 314 g/mol. The highest BCUT2D eigenvalue weighted by molar-refractivity contribution is 5.41. The second-order valence-electron chi connectivity index (χ2n) is 6.41. The van der Waals surface area contributed by atoms with Crippen LogP contribution in [0.15, 0.2) is 36.4 Å². The fourth-order valence-corrected chi connectivity index (χ4v) is 2.71. The van der Waals surface area contributed by atoms with Gasteiger partial charge in [0.1, 0.15) is 30.5 Å². The van der Waals surface area contributed by atoms with Crippen molar-refractivity contribution in [3.63, 3.8) is 0 Å². The number of ether oxygens (including phenoxy) is 3. The van der Waals surface area contributed by atoms with Gasteiger partial charge in [-0.05, 0) is 54.6 Å². The van der Waals surface area contributed by atoms with Gasteiger partial charge in [-0.3, -0.25) is 0 Å². The van der Waals surface area contributed by atoms with E-state index in [-0.39, 0.29) is 0 Å². The number of aryl methyl sites for hydroxylation is 1. The summed E-state index contributed by atoms with van der Waals surface area (Å²) in [7, 11) is 1.65. The number of nitrogens with two attached hydrogens (primary N) is 1. The molecule has 2 rings (SSSR count). The standard InChI is InChI=1S/C21H29NO3/c1-15(2)19-8-5-16(3)13-21(19)25-12-11-24-20-14-18(23-4)7-6-17(20)9-10-22/h5-8,13-15H,9-12,22H2,1-4H3. The summed E-state index contributed by atoms with van der Waals surface area (Å²) in [6.07, 6.45) is 0.773. The average Bonchev–Trinajstić information content (AvgIpc) is 2.59. The number of hydrogen-bond acceptors (Lipinski definition) is 4. The summed E-state index contributed by atoms with van der Waals surface area (Å²) >= 11 is 0. The Morgan fingerprint density at radius 2 is 1.68 bits per heavy atom. The van der Waals surface area contributed by atoms with Crippen molar-refractivity contribution in [1.82, 2.24) is 0 Å². The van der Waals surface area contributed by atoms with E-state index >= 15 is 0 Å². The van der Waals surface area contributed by atoms with Crippen molar-refractivity contribution in [2.45, 2.75) is 33.1 Å². The maximum atomic E-state index is 5.98. The zero-order valence-corrected chi connectivity index (χ0v) is 15.7. The first-order valence-electron chi connectivity index (χ1n) is 8.78. The molecule has 0 fully saturated rings. The summed E-state index contributed by atoms with van der Waals surface area (Å²) < 4.78 is 17.2. The van der Waals surface area contributed by atoms with Crippen molar-refractivity contribution < 1.29 is 14.2 Å². The molecule has 0 saturated carbocycles. The molecule has 4 heteroatoms. The van der Waals surface area contributed by atoms with E-state index in [1.54, 1.807) is 7.11 Å². The van der Waals surface area contributed by atoms with Crippen LogP contribution in [0.25, 0.3) is 0 Å². The maximum Gasteiger partial charge on any atom is 0.126 e. The van der Waals surface area contributed by atoms with Gasteiger partial charge < -0.3 is 19.9 Å². The molecule has 0 unspecified atom stereocenters. The summed E-state index contributed by atoms with van der Waals surface area (Å²) in [5.41, 5.74) is 9.17. The first-order valence-corrected chi connectivity index (χ1v) is 8.78. The van der Waals surface area contributed by atoms with Crippen LogP contribution >= 0.6 is 0 Å². The quantitative estimate of drug-likeness (QED) is 0.697. The summed E-state index contributed by atoms with van der Waals surface area (Å²) in [5, 5.41) is 0. The lowest BCUT2D eigenvalue weighted by atomic mass is 10.0. The van der Waals surface area contributed by atoms with E-state index in [1.807, 2.05) is 18.2 Å². The molecule has 0 radical (unpaired) electrons. The van der Waals surface area contributed by atoms with Crippen molar-refractivity contribution in [2.75, 3.05) is 26.9 Å². The molecule has 25 heavy (non-hydrogen) atoms. The zero-order valence-electron chi connectivity index (χ0n) is 15.7. The van der Waals surface area contributed by atoms with Gasteiger partial charge in [-0.25, -0.2) is 0 Å². The third kappa shape index (κ3) is 5.40. The highest BCUT2D eigenvalue weighted by atomic mass is 16.5. The molecule has 2 aromatic rings. The van der Waals surface area contributed by atoms with Gasteiger partial charge in [-0.15, -0.1) is 0 Å². The number of rotatable bonds is 9. The van der Waals surface area contributed by atoms with Gasteiger partial charge in [0.05, 0.1) is 7.11 Å². The predicted octanol–water partition coefficient (Wildman–Crippen LogP) is 4.09. The smallest absolute Gasteiger partial charge is 0.126 e. The van der Waals surface area contributed by atoms with Crippen LogP contribution in [-0.4, -0.2) is 26.9 Å². The molecule has 136 valence electrons. The van der Waals surface area contributed by atoms with Gasteiger partial charge in [0.2, 0.25) is 0 Å². The van der Waals surface area contributed by atoms with Crippen molar-refractivity contribution >= 4 is 0 Å². The van der Waals surface area contributed by atoms with Gasteiger partial charge in [-0.1, -0.05) is 32.0 Å². The van der Waals surface area contributed by atoms with Crippen LogP contribution in [0, 0.1) is 6.92 Å². The van der Waals surface area contributed by atoms with Gasteiger partial charge in [0, 0.05) is 6.07 Å². The largest absolute Gasteiger partial charge is 0.497 e. The topological polar surface area (TPSA) is 53.7 Å². The summed E-state index contributed by atoms with van der Waals surface area (Å²) in [6.45, 7) is 7.95. The Bertz CT molecular complexity index is 683. The molecule has 0 saturated heterocycles. The molecule has 4 nitrogen and oxygen atoms in total. The molecule has 2 N–H and O–H groups in total. The SMILES string of the molecule is COc1ccc(CCN)c(OCCOc2cc(C)ccc2C(C)C)c1. The van der Waals surface area contributed by atoms with Crippen LogP contribution in [0.5, 0.6) is 17.2 Å². The molecular formula is C21H29NO3. The number of hydrogen-bond donors (Lipinski definition) is 1. The van der Waals surface area contributed by atoms with Crippen LogP contribution in [0.3, 0.4) is 0 Å². The fourth-order valence-electron chi connectivity index (χ4n) is 2.71. The van der Waals surface area contributed by atoms with Crippen molar-refractivity contribution in [2.24, 2.45) is 5.73 Å². The Morgan fingerprint density at radius 3 is 2.32 bits per heavy atom. The highest BCUT2D eigenvalue weighted by Crippen LogP contribution is 2.28. The maximum absolute atomic E-state index is 5.98. The van der Waals surface area contributed by atoms with Crippen LogP contribution in [0.4, 0.5) is 0 Å². The van der Waals surface area contributed by atoms with Gasteiger partial charge in [0.15, 0.2) is 0 Å². The van der Waals surface area contributed by atoms with Crippen LogP contribution in [0.2, 0.25) is 0 Å². The minimum absolute atomic E-state index is 0.422. The van der Waals surface area contributed by atoms with Crippen LogP contribution in [0.1, 0.15) is 36.5 Å². The average molecular weight is 343 g/mol. The summed E-state index contributed by atoms with van der Waals surface area (Å²) in [5.74, 6) is 2.94. The van der Waals surface area contributed by atoms with E-state index in [0.717, 1.165) is 29.2 Å². The first kappa shape index (κ1) is 19.1. The minimum Gasteiger partial charge on any atom is -0.497 e. The Morgan fingerprint density at radius 1 is 0.960 bits per heavy atom. The molecule has 0 amide bonds. The first-order chi connectivity index (χ1) is 12.0. The third-order valence-electron chi connectivity index (χ3n) is 4.08. The Balaban J connectivity index is 1.98. The third-order valence-corrected chi connectivity index (χ3v) is 4.08. The lowest BCUT2D eigenvalue weighted by molar-refractivity contribution is 0.213. The summed E-state index contributed by atoms with van der Waals surface area (Å²) in [4.78, 5) is 0. The van der Waals surface area contributed by atoms with Crippen LogP contribution < -0.4 is 19.9 Å². The van der Waals surface area contributed by atoms with E-state index in [9.17, 15) is 0 Å². The van der Waals surface area contributed by atoms with Crippen molar-refractivity contribution in [3.8, 4) is 17.2 Å². The van der Waals surface area contributed by atoms with E-state index in [1.165, 1.54) is 11.1 Å². The fraction of sp³-hybridized carbons (Fsp3) is 0.429. The normalized spacial score (nSPS) is 10.8. The molecule has 0 aliphatic heterocycles. The molecule has 0 spiro atoms. The predicted molar refractivity (Wildman–Crippen MR) is 102 cm³/mol. The Kier molecular flexibility index (Phi) is 7.14. The van der Waals surface area contributed by atoms with Crippen molar-refractivity contribution in [1.29, 1.82) is 0 Å². The van der Waals surface area contributed by atoms with Gasteiger partial charge in [-0.2, -0.15) is 0 Å². The molecule has 0 aliphatic carbocycles. The van der Waals surface area contributed by atoms with E-state index in [2.05, 4.69) is 39.0 Å². The second-order valence-corrected chi connectivity index (χ2v) is 6.41. The zero-order chi connectivity index (χ0) is 18.2. The summed E-state index contributed by atoms with van der Waals surface area (Å²) in [6, 6.07) is 12.2. The van der Waals surface area contributed by atoms with Crippen molar-refractivity contribution in [3.05, 3.63) is 53.1 Å². The monoisotopic (exact) mass is 343 g/mol. The molecule has 0 aromatic heterocycles. The molecule has 0 atom stereocenters. The van der Waals surface area contributed by atoms with Gasteiger partial charge >= 0.3 is 0 Å². The van der Waals surface area contributed by atoms with Gasteiger partial charge in [0.25, 0.3) is 0 Å². The van der Waals surface area contributed by atoms with Crippen LogP contribution in [-0.2, 0) is 6.42 Å². The molecule has 2 aromatic carbocycles. The Labute approximate surface area is 150 Å². The number of methoxy groups -OCH3 is 1. The lowest BCUT2D eigenvalue weighted by Crippen LogP contribution is -2.12. The van der Waals surface area contributed by atoms with E-state index < -0.39 is 0 Å². The molecule has 0 bridgehead atoms. The second kappa shape index (κ2) is 9.33. The van der Waals surface area contributed by atoms with E-state index in [4.69, 9.17) is 19.9 Å². The minimum atomic E-state index is 0.422. The lowest BCUT2D eigenvalue weighted by Gasteiger charge is -2.16.